The maximum Gasteiger partial charge on any atom is 0.217 e. The van der Waals surface area contributed by atoms with Gasteiger partial charge in [0.25, 0.3) is 0 Å². The molecular formula is C7H13NO. The van der Waals surface area contributed by atoms with Crippen LogP contribution in [0.2, 0.25) is 0 Å². The van der Waals surface area contributed by atoms with E-state index >= 15 is 0 Å². The molecule has 0 aromatic carbocycles. The molecule has 1 saturated carbocycles. The monoisotopic (exact) mass is 127 g/mol. The lowest BCUT2D eigenvalue weighted by Crippen LogP contribution is -2.12. The Balaban J connectivity index is 2.28. The molecule has 52 valence electrons. The van der Waals surface area contributed by atoms with Gasteiger partial charge in [0.1, 0.15) is 0 Å². The highest BCUT2D eigenvalue weighted by Crippen LogP contribution is 2.53. The Kier molecular flexibility index (Phi) is 1.26. The van der Waals surface area contributed by atoms with Gasteiger partial charge < -0.3 is 5.73 Å². The average Bonchev–Trinajstić information content (AvgIpc) is 2.10. The van der Waals surface area contributed by atoms with Gasteiger partial charge in [-0.05, 0) is 17.8 Å². The highest BCUT2D eigenvalue weighted by Gasteiger charge is 2.45. The van der Waals surface area contributed by atoms with Gasteiger partial charge in [0.05, 0.1) is 0 Å². The summed E-state index contributed by atoms with van der Waals surface area (Å²) in [5, 5.41) is 0. The van der Waals surface area contributed by atoms with Crippen LogP contribution in [0.4, 0.5) is 0 Å². The molecule has 0 bridgehead atoms. The predicted octanol–water partition coefficient (Wildman–Crippen LogP) is 0.908. The Hall–Kier alpha value is -0.530. The predicted molar refractivity (Wildman–Crippen MR) is 35.7 cm³/mol. The number of carbonyl (C=O) groups is 1. The van der Waals surface area contributed by atoms with E-state index in [1.54, 1.807) is 0 Å². The number of hydrogen-bond donors (Lipinski definition) is 1. The van der Waals surface area contributed by atoms with Gasteiger partial charge in [-0.2, -0.15) is 0 Å². The molecule has 2 heteroatoms. The van der Waals surface area contributed by atoms with E-state index in [2.05, 4.69) is 13.8 Å². The van der Waals surface area contributed by atoms with Gasteiger partial charge in [-0.25, -0.2) is 0 Å². The van der Waals surface area contributed by atoms with Crippen molar-refractivity contribution in [3.8, 4) is 0 Å². The Morgan fingerprint density at radius 2 is 2.22 bits per heavy atom. The van der Waals surface area contributed by atoms with E-state index in [0.717, 1.165) is 6.42 Å². The summed E-state index contributed by atoms with van der Waals surface area (Å²) in [6, 6.07) is 0. The number of rotatable bonds is 2. The molecule has 0 aromatic rings. The van der Waals surface area contributed by atoms with Crippen molar-refractivity contribution in [2.45, 2.75) is 26.7 Å². The summed E-state index contributed by atoms with van der Waals surface area (Å²) in [6.07, 6.45) is 1.74. The number of hydrogen-bond acceptors (Lipinski definition) is 1. The number of amides is 1. The van der Waals surface area contributed by atoms with Gasteiger partial charge in [0, 0.05) is 6.42 Å². The number of nitrogens with two attached hydrogens (primary N) is 1. The fraction of sp³-hybridized carbons (Fsp3) is 0.857. The van der Waals surface area contributed by atoms with Crippen LogP contribution in [0.25, 0.3) is 0 Å². The van der Waals surface area contributed by atoms with Crippen LogP contribution in [0.1, 0.15) is 26.7 Å². The molecule has 0 spiro atoms. The minimum atomic E-state index is -0.162. The molecule has 1 aliphatic carbocycles. The number of carbonyl (C=O) groups excluding carboxylic acids is 1. The van der Waals surface area contributed by atoms with Crippen LogP contribution in [-0.4, -0.2) is 5.91 Å². The van der Waals surface area contributed by atoms with Crippen LogP contribution in [0.15, 0.2) is 0 Å². The molecular weight excluding hydrogens is 114 g/mol. The summed E-state index contributed by atoms with van der Waals surface area (Å²) in [4.78, 5) is 10.4. The van der Waals surface area contributed by atoms with E-state index in [4.69, 9.17) is 5.73 Å². The van der Waals surface area contributed by atoms with Gasteiger partial charge in [0.15, 0.2) is 0 Å². The first-order valence-corrected chi connectivity index (χ1v) is 3.31. The zero-order valence-electron chi connectivity index (χ0n) is 5.98. The van der Waals surface area contributed by atoms with Crippen molar-refractivity contribution in [2.24, 2.45) is 17.1 Å². The van der Waals surface area contributed by atoms with E-state index in [1.165, 1.54) is 0 Å². The summed E-state index contributed by atoms with van der Waals surface area (Å²) >= 11 is 0. The molecule has 0 radical (unpaired) electrons. The molecule has 0 heterocycles. The summed E-state index contributed by atoms with van der Waals surface area (Å²) < 4.78 is 0. The van der Waals surface area contributed by atoms with Crippen molar-refractivity contribution in [2.75, 3.05) is 0 Å². The van der Waals surface area contributed by atoms with E-state index in [0.29, 0.717) is 17.8 Å². The van der Waals surface area contributed by atoms with Gasteiger partial charge in [0.2, 0.25) is 5.91 Å². The van der Waals surface area contributed by atoms with Crippen molar-refractivity contribution >= 4 is 5.91 Å². The van der Waals surface area contributed by atoms with Crippen LogP contribution in [0.5, 0.6) is 0 Å². The smallest absolute Gasteiger partial charge is 0.217 e. The molecule has 0 aliphatic heterocycles. The van der Waals surface area contributed by atoms with Crippen molar-refractivity contribution in [1.82, 2.24) is 0 Å². The molecule has 1 fully saturated rings. The Morgan fingerprint density at radius 1 is 1.78 bits per heavy atom. The summed E-state index contributed by atoms with van der Waals surface area (Å²) in [7, 11) is 0. The highest BCUT2D eigenvalue weighted by molar-refractivity contribution is 5.74. The van der Waals surface area contributed by atoms with Crippen LogP contribution in [-0.2, 0) is 4.79 Å². The van der Waals surface area contributed by atoms with Gasteiger partial charge in [-0.1, -0.05) is 13.8 Å². The largest absolute Gasteiger partial charge is 0.370 e. The fourth-order valence-corrected chi connectivity index (χ4v) is 1.17. The Bertz CT molecular complexity index is 140. The first kappa shape index (κ1) is 6.59. The summed E-state index contributed by atoms with van der Waals surface area (Å²) in [5.74, 6) is 0.403. The van der Waals surface area contributed by atoms with Crippen LogP contribution in [0, 0.1) is 11.3 Å². The second-order valence-corrected chi connectivity index (χ2v) is 3.56. The SMILES string of the molecule is CC1(C)CC1CC(N)=O. The van der Waals surface area contributed by atoms with Crippen molar-refractivity contribution in [3.63, 3.8) is 0 Å². The lowest BCUT2D eigenvalue weighted by Gasteiger charge is -1.97. The first-order chi connectivity index (χ1) is 4.02. The van der Waals surface area contributed by atoms with Gasteiger partial charge in [-0.15, -0.1) is 0 Å². The fourth-order valence-electron chi connectivity index (χ4n) is 1.17. The Morgan fingerprint density at radius 3 is 2.33 bits per heavy atom. The van der Waals surface area contributed by atoms with Crippen LogP contribution in [0.3, 0.4) is 0 Å². The Labute approximate surface area is 55.4 Å². The molecule has 2 N–H and O–H groups in total. The van der Waals surface area contributed by atoms with E-state index in [9.17, 15) is 4.79 Å². The lowest BCUT2D eigenvalue weighted by atomic mass is 10.1. The standard InChI is InChI=1S/C7H13NO/c1-7(2)4-5(7)3-6(8)9/h5H,3-4H2,1-2H3,(H2,8,9). The third-order valence-electron chi connectivity index (χ3n) is 2.17. The first-order valence-electron chi connectivity index (χ1n) is 3.31. The summed E-state index contributed by atoms with van der Waals surface area (Å²) in [5.41, 5.74) is 5.41. The molecule has 1 atom stereocenters. The molecule has 1 aliphatic rings. The maximum atomic E-state index is 10.4. The minimum absolute atomic E-state index is 0.162. The maximum absolute atomic E-state index is 10.4. The third-order valence-corrected chi connectivity index (χ3v) is 2.17. The normalized spacial score (nSPS) is 29.8. The van der Waals surface area contributed by atoms with E-state index in [-0.39, 0.29) is 5.91 Å². The van der Waals surface area contributed by atoms with Crippen molar-refractivity contribution in [3.05, 3.63) is 0 Å². The topological polar surface area (TPSA) is 43.1 Å². The third kappa shape index (κ3) is 1.44. The second kappa shape index (κ2) is 1.72. The van der Waals surface area contributed by atoms with Gasteiger partial charge >= 0.3 is 0 Å². The van der Waals surface area contributed by atoms with Gasteiger partial charge in [-0.3, -0.25) is 4.79 Å². The minimum Gasteiger partial charge on any atom is -0.370 e. The molecule has 9 heavy (non-hydrogen) atoms. The second-order valence-electron chi connectivity index (χ2n) is 3.56. The molecule has 1 amide bonds. The van der Waals surface area contributed by atoms with Crippen LogP contribution >= 0.6 is 0 Å². The zero-order chi connectivity index (χ0) is 7.07. The van der Waals surface area contributed by atoms with E-state index in [1.807, 2.05) is 0 Å². The van der Waals surface area contributed by atoms with Crippen LogP contribution < -0.4 is 5.73 Å². The van der Waals surface area contributed by atoms with E-state index < -0.39 is 0 Å². The molecule has 0 aromatic heterocycles. The van der Waals surface area contributed by atoms with Crippen molar-refractivity contribution in [1.29, 1.82) is 0 Å². The quantitative estimate of drug-likeness (QED) is 0.588. The summed E-state index contributed by atoms with van der Waals surface area (Å²) in [6.45, 7) is 4.33. The van der Waals surface area contributed by atoms with Crippen molar-refractivity contribution < 1.29 is 4.79 Å². The lowest BCUT2D eigenvalue weighted by molar-refractivity contribution is -0.118. The zero-order valence-corrected chi connectivity index (χ0v) is 5.98. The average molecular weight is 127 g/mol. The molecule has 1 unspecified atom stereocenters. The number of primary amides is 1. The molecule has 0 saturated heterocycles. The highest BCUT2D eigenvalue weighted by atomic mass is 16.1. The molecule has 2 nitrogen and oxygen atoms in total. The molecule has 1 rings (SSSR count).